The quantitative estimate of drug-likeness (QED) is 0.632. The molecule has 0 bridgehead atoms. The Morgan fingerprint density at radius 3 is 2.62 bits per heavy atom. The van der Waals surface area contributed by atoms with E-state index in [4.69, 9.17) is 11.6 Å². The summed E-state index contributed by atoms with van der Waals surface area (Å²) >= 11 is 7.41. The van der Waals surface area contributed by atoms with Gasteiger partial charge in [0.05, 0.1) is 21.2 Å². The first-order valence-corrected chi connectivity index (χ1v) is 11.0. The van der Waals surface area contributed by atoms with E-state index in [1.165, 1.54) is 11.3 Å². The van der Waals surface area contributed by atoms with Crippen molar-refractivity contribution in [1.29, 1.82) is 0 Å². The number of carbonyl (C=O) groups excluding carboxylic acids is 1. The Balaban J connectivity index is 1.51. The molecule has 5 nitrogen and oxygen atoms in total. The van der Waals surface area contributed by atoms with Crippen LogP contribution in [0.25, 0.3) is 10.2 Å². The first kappa shape index (κ1) is 18.8. The molecule has 0 atom stereocenters. The minimum absolute atomic E-state index is 0.00811. The van der Waals surface area contributed by atoms with Gasteiger partial charge in [-0.2, -0.15) is 0 Å². The zero-order valence-corrected chi connectivity index (χ0v) is 16.2. The minimum atomic E-state index is -3.24. The van der Waals surface area contributed by atoms with Crippen molar-refractivity contribution in [2.24, 2.45) is 0 Å². The zero-order chi connectivity index (χ0) is 18.6. The van der Waals surface area contributed by atoms with Gasteiger partial charge in [0.1, 0.15) is 5.52 Å². The van der Waals surface area contributed by atoms with Crippen molar-refractivity contribution in [3.63, 3.8) is 0 Å². The van der Waals surface area contributed by atoms with E-state index in [-0.39, 0.29) is 30.3 Å². The summed E-state index contributed by atoms with van der Waals surface area (Å²) in [6, 6.07) is 14.5. The maximum Gasteiger partial charge on any atom is 0.226 e. The van der Waals surface area contributed by atoms with E-state index in [1.54, 1.807) is 18.2 Å². The summed E-state index contributed by atoms with van der Waals surface area (Å²) < 4.78 is 25.2. The average molecular weight is 409 g/mol. The third kappa shape index (κ3) is 5.03. The predicted octanol–water partition coefficient (Wildman–Crippen LogP) is 4.28. The SMILES string of the molecule is O=C(CCCS(=O)(=O)Cc1ccccc1)Nc1nc2c(Cl)cccc2s1. The van der Waals surface area contributed by atoms with Crippen LogP contribution >= 0.6 is 22.9 Å². The predicted molar refractivity (Wildman–Crippen MR) is 106 cm³/mol. The average Bonchev–Trinajstić information content (AvgIpc) is 2.99. The molecule has 0 saturated carbocycles. The molecule has 0 fully saturated rings. The third-order valence-electron chi connectivity index (χ3n) is 3.70. The van der Waals surface area contributed by atoms with Gasteiger partial charge in [0.15, 0.2) is 15.0 Å². The van der Waals surface area contributed by atoms with Crippen LogP contribution in [0.4, 0.5) is 5.13 Å². The Bertz CT molecular complexity index is 1020. The number of nitrogens with zero attached hydrogens (tertiary/aromatic N) is 1. The lowest BCUT2D eigenvalue weighted by Crippen LogP contribution is -2.15. The third-order valence-corrected chi connectivity index (χ3v) is 6.63. The number of thiazole rings is 1. The fourth-order valence-electron chi connectivity index (χ4n) is 2.50. The summed E-state index contributed by atoms with van der Waals surface area (Å²) in [5.41, 5.74) is 1.41. The van der Waals surface area contributed by atoms with Crippen molar-refractivity contribution < 1.29 is 13.2 Å². The van der Waals surface area contributed by atoms with Gasteiger partial charge in [0, 0.05) is 6.42 Å². The molecule has 1 aromatic heterocycles. The normalized spacial score (nSPS) is 11.6. The molecule has 8 heteroatoms. The number of rotatable bonds is 7. The van der Waals surface area contributed by atoms with Crippen LogP contribution in [0.5, 0.6) is 0 Å². The van der Waals surface area contributed by atoms with Crippen molar-refractivity contribution in [2.45, 2.75) is 18.6 Å². The molecule has 0 aliphatic carbocycles. The molecule has 1 heterocycles. The summed E-state index contributed by atoms with van der Waals surface area (Å²) in [4.78, 5) is 16.3. The van der Waals surface area contributed by atoms with Crippen LogP contribution in [0, 0.1) is 0 Å². The van der Waals surface area contributed by atoms with Gasteiger partial charge in [-0.05, 0) is 24.1 Å². The number of hydrogen-bond acceptors (Lipinski definition) is 5. The fraction of sp³-hybridized carbons (Fsp3) is 0.222. The number of hydrogen-bond donors (Lipinski definition) is 1. The molecular weight excluding hydrogens is 392 g/mol. The smallest absolute Gasteiger partial charge is 0.226 e. The standard InChI is InChI=1S/C18H17ClN2O3S2/c19-14-8-4-9-15-17(14)21-18(25-15)20-16(22)10-5-11-26(23,24)12-13-6-2-1-3-7-13/h1-4,6-9H,5,10-12H2,(H,20,21,22). The van der Waals surface area contributed by atoms with Gasteiger partial charge >= 0.3 is 0 Å². The monoisotopic (exact) mass is 408 g/mol. The summed E-state index contributed by atoms with van der Waals surface area (Å²) in [5.74, 6) is -0.289. The highest BCUT2D eigenvalue weighted by Crippen LogP contribution is 2.30. The Hall–Kier alpha value is -1.96. The number of fused-ring (bicyclic) bond motifs is 1. The van der Waals surface area contributed by atoms with Crippen molar-refractivity contribution in [1.82, 2.24) is 4.98 Å². The van der Waals surface area contributed by atoms with Crippen LogP contribution in [-0.2, 0) is 20.4 Å². The lowest BCUT2D eigenvalue weighted by atomic mass is 10.2. The molecule has 1 N–H and O–H groups in total. The van der Waals surface area contributed by atoms with E-state index in [0.29, 0.717) is 15.7 Å². The van der Waals surface area contributed by atoms with Crippen molar-refractivity contribution in [3.05, 3.63) is 59.1 Å². The number of sulfone groups is 1. The van der Waals surface area contributed by atoms with Gasteiger partial charge in [0.25, 0.3) is 0 Å². The summed E-state index contributed by atoms with van der Waals surface area (Å²) in [6.45, 7) is 0. The number of benzene rings is 2. The second kappa shape index (κ2) is 8.16. The van der Waals surface area contributed by atoms with Gasteiger partial charge < -0.3 is 5.32 Å². The second-order valence-corrected chi connectivity index (χ2v) is 9.46. The van der Waals surface area contributed by atoms with E-state index in [0.717, 1.165) is 10.3 Å². The van der Waals surface area contributed by atoms with Gasteiger partial charge in [-0.15, -0.1) is 0 Å². The van der Waals surface area contributed by atoms with Crippen LogP contribution in [0.15, 0.2) is 48.5 Å². The molecular formula is C18H17ClN2O3S2. The number of amides is 1. The van der Waals surface area contributed by atoms with Crippen LogP contribution in [0.3, 0.4) is 0 Å². The number of nitrogens with one attached hydrogen (secondary N) is 1. The highest BCUT2D eigenvalue weighted by atomic mass is 35.5. The number of carbonyl (C=O) groups is 1. The molecule has 26 heavy (non-hydrogen) atoms. The molecule has 136 valence electrons. The minimum Gasteiger partial charge on any atom is -0.302 e. The lowest BCUT2D eigenvalue weighted by molar-refractivity contribution is -0.116. The molecule has 0 aliphatic rings. The van der Waals surface area contributed by atoms with Gasteiger partial charge in [0.2, 0.25) is 5.91 Å². The number of anilines is 1. The summed E-state index contributed by atoms with van der Waals surface area (Å²) in [6.07, 6.45) is 0.393. The van der Waals surface area contributed by atoms with Gasteiger partial charge in [-0.3, -0.25) is 4.79 Å². The molecule has 3 aromatic rings. The second-order valence-electron chi connectivity index (χ2n) is 5.83. The summed E-state index contributed by atoms with van der Waals surface area (Å²) in [7, 11) is -3.24. The molecule has 0 spiro atoms. The van der Waals surface area contributed by atoms with Crippen molar-refractivity contribution in [3.8, 4) is 0 Å². The molecule has 0 saturated heterocycles. The molecule has 2 aromatic carbocycles. The number of aromatic nitrogens is 1. The highest BCUT2D eigenvalue weighted by molar-refractivity contribution is 7.90. The Labute approximate surface area is 160 Å². The highest BCUT2D eigenvalue weighted by Gasteiger charge is 2.14. The summed E-state index contributed by atoms with van der Waals surface area (Å²) in [5, 5.41) is 3.71. The molecule has 0 radical (unpaired) electrons. The largest absolute Gasteiger partial charge is 0.302 e. The topological polar surface area (TPSA) is 76.1 Å². The van der Waals surface area contributed by atoms with E-state index < -0.39 is 9.84 Å². The van der Waals surface area contributed by atoms with Crippen LogP contribution in [0.1, 0.15) is 18.4 Å². The van der Waals surface area contributed by atoms with E-state index >= 15 is 0 Å². The Morgan fingerprint density at radius 2 is 1.88 bits per heavy atom. The van der Waals surface area contributed by atoms with Crippen molar-refractivity contribution >= 4 is 54.0 Å². The first-order valence-electron chi connectivity index (χ1n) is 8.02. The number of para-hydroxylation sites is 1. The molecule has 0 unspecified atom stereocenters. The van der Waals surface area contributed by atoms with Crippen LogP contribution in [0.2, 0.25) is 5.02 Å². The number of halogens is 1. The molecule has 3 rings (SSSR count). The fourth-order valence-corrected chi connectivity index (χ4v) is 5.11. The van der Waals surface area contributed by atoms with Crippen LogP contribution < -0.4 is 5.32 Å². The van der Waals surface area contributed by atoms with E-state index in [2.05, 4.69) is 10.3 Å². The van der Waals surface area contributed by atoms with Gasteiger partial charge in [-0.1, -0.05) is 59.3 Å². The Morgan fingerprint density at radius 1 is 1.12 bits per heavy atom. The van der Waals surface area contributed by atoms with E-state index in [1.807, 2.05) is 30.3 Å². The first-order chi connectivity index (χ1) is 12.4. The van der Waals surface area contributed by atoms with E-state index in [9.17, 15) is 13.2 Å². The Kier molecular flexibility index (Phi) is 5.90. The maximum atomic E-state index is 12.1. The lowest BCUT2D eigenvalue weighted by Gasteiger charge is -2.05. The maximum absolute atomic E-state index is 12.1. The van der Waals surface area contributed by atoms with Crippen LogP contribution in [-0.4, -0.2) is 25.1 Å². The van der Waals surface area contributed by atoms with Crippen molar-refractivity contribution in [2.75, 3.05) is 11.1 Å². The zero-order valence-electron chi connectivity index (χ0n) is 13.8. The molecule has 1 amide bonds. The molecule has 0 aliphatic heterocycles. The van der Waals surface area contributed by atoms with Gasteiger partial charge in [-0.25, -0.2) is 13.4 Å².